The van der Waals surface area contributed by atoms with E-state index in [2.05, 4.69) is 20.3 Å². The largest absolute Gasteiger partial charge is 0.376 e. The zero-order valence-corrected chi connectivity index (χ0v) is 19.7. The molecule has 1 aromatic carbocycles. The second-order valence-corrected chi connectivity index (χ2v) is 9.11. The molecule has 0 radical (unpaired) electrons. The van der Waals surface area contributed by atoms with Crippen LogP contribution in [0.4, 0.5) is 14.5 Å². The monoisotopic (exact) mass is 466 g/mol. The van der Waals surface area contributed by atoms with Crippen LogP contribution in [-0.2, 0) is 4.74 Å². The quantitative estimate of drug-likeness (QED) is 0.509. The lowest BCUT2D eigenvalue weighted by atomic mass is 9.87. The molecule has 2 aromatic heterocycles. The van der Waals surface area contributed by atoms with E-state index in [9.17, 15) is 13.6 Å². The predicted molar refractivity (Wildman–Crippen MR) is 126 cm³/mol. The number of halogens is 2. The number of hydrogen-bond acceptors (Lipinski definition) is 5. The normalized spacial score (nSPS) is 20.4. The van der Waals surface area contributed by atoms with Gasteiger partial charge in [-0.15, -0.1) is 0 Å². The zero-order valence-electron chi connectivity index (χ0n) is 19.7. The van der Waals surface area contributed by atoms with Crippen LogP contribution in [0.1, 0.15) is 74.2 Å². The Labute approximate surface area is 197 Å². The van der Waals surface area contributed by atoms with E-state index in [-0.39, 0.29) is 35.2 Å². The highest BCUT2D eigenvalue weighted by atomic mass is 19.1. The molecule has 1 fully saturated rings. The van der Waals surface area contributed by atoms with Crippen molar-refractivity contribution in [2.45, 2.75) is 64.6 Å². The van der Waals surface area contributed by atoms with Gasteiger partial charge in [0, 0.05) is 41.6 Å². The minimum absolute atomic E-state index is 0.00522. The maximum absolute atomic E-state index is 14.8. The predicted octanol–water partition coefficient (Wildman–Crippen LogP) is 5.86. The van der Waals surface area contributed by atoms with Crippen molar-refractivity contribution in [2.24, 2.45) is 0 Å². The van der Waals surface area contributed by atoms with E-state index in [1.807, 2.05) is 27.7 Å². The third kappa shape index (κ3) is 5.12. The Hall–Kier alpha value is -3.26. The topological polar surface area (TPSA) is 77.0 Å². The van der Waals surface area contributed by atoms with Crippen molar-refractivity contribution in [3.63, 3.8) is 0 Å². The van der Waals surface area contributed by atoms with Gasteiger partial charge in [0.25, 0.3) is 5.91 Å². The van der Waals surface area contributed by atoms with Gasteiger partial charge < -0.3 is 10.1 Å². The molecule has 0 bridgehead atoms. The van der Waals surface area contributed by atoms with E-state index >= 15 is 0 Å². The fraction of sp³-hybridized carbons (Fsp3) is 0.385. The van der Waals surface area contributed by atoms with Gasteiger partial charge in [0.15, 0.2) is 0 Å². The maximum atomic E-state index is 14.8. The van der Waals surface area contributed by atoms with E-state index in [4.69, 9.17) is 4.74 Å². The number of pyridine rings is 1. The van der Waals surface area contributed by atoms with E-state index < -0.39 is 17.5 Å². The van der Waals surface area contributed by atoms with Gasteiger partial charge >= 0.3 is 0 Å². The van der Waals surface area contributed by atoms with E-state index in [0.29, 0.717) is 35.6 Å². The molecule has 1 N–H and O–H groups in total. The summed E-state index contributed by atoms with van der Waals surface area (Å²) in [6.45, 7) is 7.91. The molecule has 0 aliphatic carbocycles. The summed E-state index contributed by atoms with van der Waals surface area (Å²) in [6, 6.07) is 4.85. The molecule has 3 aromatic rings. The van der Waals surface area contributed by atoms with Crippen molar-refractivity contribution < 1.29 is 18.3 Å². The van der Waals surface area contributed by atoms with Crippen LogP contribution in [0.3, 0.4) is 0 Å². The van der Waals surface area contributed by atoms with Gasteiger partial charge in [-0.3, -0.25) is 9.78 Å². The van der Waals surface area contributed by atoms with Crippen LogP contribution in [0.5, 0.6) is 0 Å². The molecule has 3 heterocycles. The SMILES string of the molecule is CC(C)c1ncc(C(=O)Nc2c(-c3cc(F)ccc3F)ccnc2C2C[C@@H](C)O[C@@H](C)C2)cn1. The second kappa shape index (κ2) is 9.93. The van der Waals surface area contributed by atoms with Crippen molar-refractivity contribution in [1.29, 1.82) is 0 Å². The number of rotatable bonds is 5. The first-order valence-electron chi connectivity index (χ1n) is 11.5. The Kier molecular flexibility index (Phi) is 6.97. The molecule has 0 spiro atoms. The Balaban J connectivity index is 1.79. The van der Waals surface area contributed by atoms with Gasteiger partial charge in [-0.1, -0.05) is 13.8 Å². The highest BCUT2D eigenvalue weighted by Gasteiger charge is 2.30. The molecule has 4 rings (SSSR count). The Bertz CT molecular complexity index is 1170. The van der Waals surface area contributed by atoms with Gasteiger partial charge in [-0.25, -0.2) is 18.7 Å². The summed E-state index contributed by atoms with van der Waals surface area (Å²) in [4.78, 5) is 26.3. The molecule has 1 aliphatic heterocycles. The average Bonchev–Trinajstić information content (AvgIpc) is 2.80. The molecule has 6 nitrogen and oxygen atoms in total. The number of amides is 1. The first-order valence-corrected chi connectivity index (χ1v) is 11.5. The average molecular weight is 467 g/mol. The molecular formula is C26H28F2N4O2. The van der Waals surface area contributed by atoms with Crippen molar-refractivity contribution in [1.82, 2.24) is 15.0 Å². The summed E-state index contributed by atoms with van der Waals surface area (Å²) in [5.41, 5.74) is 1.66. The van der Waals surface area contributed by atoms with E-state index in [0.717, 1.165) is 18.2 Å². The van der Waals surface area contributed by atoms with Crippen LogP contribution >= 0.6 is 0 Å². The van der Waals surface area contributed by atoms with Crippen LogP contribution in [0, 0.1) is 11.6 Å². The molecule has 3 atom stereocenters. The molecule has 8 heteroatoms. The number of nitrogens with zero attached hydrogens (tertiary/aromatic N) is 3. The minimum atomic E-state index is -0.590. The smallest absolute Gasteiger partial charge is 0.258 e. The summed E-state index contributed by atoms with van der Waals surface area (Å²) in [6.07, 6.45) is 5.90. The second-order valence-electron chi connectivity index (χ2n) is 9.11. The third-order valence-corrected chi connectivity index (χ3v) is 5.97. The molecular weight excluding hydrogens is 438 g/mol. The summed E-state index contributed by atoms with van der Waals surface area (Å²) in [7, 11) is 0. The number of hydrogen-bond donors (Lipinski definition) is 1. The molecule has 1 amide bonds. The number of nitrogens with one attached hydrogen (secondary N) is 1. The lowest BCUT2D eigenvalue weighted by molar-refractivity contribution is -0.0384. The highest BCUT2D eigenvalue weighted by Crippen LogP contribution is 2.40. The first kappa shape index (κ1) is 23.9. The summed E-state index contributed by atoms with van der Waals surface area (Å²) >= 11 is 0. The number of carbonyl (C=O) groups is 1. The molecule has 1 saturated heterocycles. The number of anilines is 1. The lowest BCUT2D eigenvalue weighted by Crippen LogP contribution is -2.29. The van der Waals surface area contributed by atoms with Gasteiger partial charge in [-0.05, 0) is 51.0 Å². The zero-order chi connectivity index (χ0) is 24.4. The Morgan fingerprint density at radius 1 is 1.03 bits per heavy atom. The highest BCUT2D eigenvalue weighted by molar-refractivity contribution is 6.06. The molecule has 1 unspecified atom stereocenters. The first-order chi connectivity index (χ1) is 16.2. The molecule has 0 saturated carbocycles. The fourth-order valence-electron chi connectivity index (χ4n) is 4.41. The number of ether oxygens (including phenoxy) is 1. The Morgan fingerprint density at radius 2 is 1.71 bits per heavy atom. The van der Waals surface area contributed by atoms with Crippen molar-refractivity contribution >= 4 is 11.6 Å². The van der Waals surface area contributed by atoms with E-state index in [1.165, 1.54) is 12.4 Å². The minimum Gasteiger partial charge on any atom is -0.376 e. The van der Waals surface area contributed by atoms with Gasteiger partial charge in [0.2, 0.25) is 0 Å². The van der Waals surface area contributed by atoms with Crippen molar-refractivity contribution in [2.75, 3.05) is 5.32 Å². The summed E-state index contributed by atoms with van der Waals surface area (Å²) < 4.78 is 34.7. The molecule has 1 aliphatic rings. The van der Waals surface area contributed by atoms with Crippen molar-refractivity contribution in [3.8, 4) is 11.1 Å². The Morgan fingerprint density at radius 3 is 2.35 bits per heavy atom. The van der Waals surface area contributed by atoms with Crippen LogP contribution in [0.25, 0.3) is 11.1 Å². The van der Waals surface area contributed by atoms with Crippen molar-refractivity contribution in [3.05, 3.63) is 71.6 Å². The standard InChI is InChI=1S/C26H28F2N4O2/c1-14(2)25-30-12-18(13-31-25)26(33)32-24-20(21-11-19(27)5-6-22(21)28)7-8-29-23(24)17-9-15(3)34-16(4)10-17/h5-8,11-17H,9-10H2,1-4H3,(H,32,33)/t15-,16+,17?. The number of carbonyl (C=O) groups excluding carboxylic acids is 1. The fourth-order valence-corrected chi connectivity index (χ4v) is 4.41. The number of aromatic nitrogens is 3. The summed E-state index contributed by atoms with van der Waals surface area (Å²) in [5, 5.41) is 2.90. The lowest BCUT2D eigenvalue weighted by Gasteiger charge is -2.33. The van der Waals surface area contributed by atoms with Crippen LogP contribution < -0.4 is 5.32 Å². The van der Waals surface area contributed by atoms with Gasteiger partial charge in [0.1, 0.15) is 17.5 Å². The third-order valence-electron chi connectivity index (χ3n) is 5.97. The van der Waals surface area contributed by atoms with Crippen LogP contribution in [0.15, 0.2) is 42.9 Å². The summed E-state index contributed by atoms with van der Waals surface area (Å²) in [5.74, 6) is -0.875. The molecule has 178 valence electrons. The molecule has 34 heavy (non-hydrogen) atoms. The van der Waals surface area contributed by atoms with Gasteiger partial charge in [-0.2, -0.15) is 0 Å². The number of benzene rings is 1. The van der Waals surface area contributed by atoms with E-state index in [1.54, 1.807) is 12.3 Å². The van der Waals surface area contributed by atoms with Crippen LogP contribution in [0.2, 0.25) is 0 Å². The van der Waals surface area contributed by atoms with Crippen LogP contribution in [-0.4, -0.2) is 33.1 Å². The maximum Gasteiger partial charge on any atom is 0.258 e. The van der Waals surface area contributed by atoms with Gasteiger partial charge in [0.05, 0.1) is 29.2 Å².